The van der Waals surface area contributed by atoms with E-state index in [-0.39, 0.29) is 17.0 Å². The van der Waals surface area contributed by atoms with Crippen LogP contribution in [0.25, 0.3) is 0 Å². The van der Waals surface area contributed by atoms with Gasteiger partial charge in [-0.2, -0.15) is 0 Å². The predicted molar refractivity (Wildman–Crippen MR) is 93.8 cm³/mol. The van der Waals surface area contributed by atoms with E-state index in [9.17, 15) is 14.9 Å². The quantitative estimate of drug-likeness (QED) is 0.604. The van der Waals surface area contributed by atoms with Gasteiger partial charge in [-0.1, -0.05) is 11.6 Å². The van der Waals surface area contributed by atoms with Gasteiger partial charge in [-0.05, 0) is 35.9 Å². The first-order valence-electron chi connectivity index (χ1n) is 7.03. The number of carbonyl (C=O) groups is 1. The number of ether oxygens (including phenoxy) is 1. The molecule has 6 nitrogen and oxygen atoms in total. The Hall–Kier alpha value is -2.25. The van der Waals surface area contributed by atoms with Gasteiger partial charge in [-0.3, -0.25) is 19.8 Å². The number of anilines is 1. The number of nitro groups is 1. The molecule has 0 unspecified atom stereocenters. The summed E-state index contributed by atoms with van der Waals surface area (Å²) in [4.78, 5) is 24.3. The number of nitro benzene ring substituents is 1. The highest BCUT2D eigenvalue weighted by molar-refractivity contribution is 8.00. The molecule has 124 valence electrons. The maximum Gasteiger partial charge on any atom is 0.269 e. The molecule has 8 heteroatoms. The van der Waals surface area contributed by atoms with Crippen molar-refractivity contribution in [3.8, 4) is 5.75 Å². The highest BCUT2D eigenvalue weighted by Gasteiger charge is 2.34. The van der Waals surface area contributed by atoms with Crippen LogP contribution in [0.2, 0.25) is 5.02 Å². The zero-order chi connectivity index (χ0) is 17.3. The van der Waals surface area contributed by atoms with E-state index in [1.54, 1.807) is 35.2 Å². The second-order valence-corrected chi connectivity index (χ2v) is 6.57. The Morgan fingerprint density at radius 2 is 2.00 bits per heavy atom. The topological polar surface area (TPSA) is 72.7 Å². The number of benzene rings is 2. The molecule has 1 atom stereocenters. The second kappa shape index (κ2) is 6.70. The molecule has 1 aliphatic heterocycles. The van der Waals surface area contributed by atoms with Crippen molar-refractivity contribution >= 4 is 40.6 Å². The Bertz CT molecular complexity index is 797. The summed E-state index contributed by atoms with van der Waals surface area (Å²) in [6.45, 7) is 0. The lowest BCUT2D eigenvalue weighted by Crippen LogP contribution is -2.27. The number of halogens is 1. The molecule has 1 aliphatic rings. The fourth-order valence-corrected chi connectivity index (χ4v) is 3.94. The highest BCUT2D eigenvalue weighted by Crippen LogP contribution is 2.43. The average molecular weight is 365 g/mol. The zero-order valence-electron chi connectivity index (χ0n) is 12.6. The molecule has 0 saturated carbocycles. The number of rotatable bonds is 4. The van der Waals surface area contributed by atoms with Crippen LogP contribution in [0.1, 0.15) is 10.9 Å². The molecule has 1 heterocycles. The molecule has 2 aromatic carbocycles. The fourth-order valence-electron chi connectivity index (χ4n) is 2.52. The first-order chi connectivity index (χ1) is 11.5. The minimum Gasteiger partial charge on any atom is -0.495 e. The third kappa shape index (κ3) is 3.05. The summed E-state index contributed by atoms with van der Waals surface area (Å²) in [6.07, 6.45) is 0. The normalized spacial score (nSPS) is 17.2. The summed E-state index contributed by atoms with van der Waals surface area (Å²) in [7, 11) is 1.53. The van der Waals surface area contributed by atoms with Crippen LogP contribution in [-0.4, -0.2) is 23.7 Å². The molecule has 2 aromatic rings. The summed E-state index contributed by atoms with van der Waals surface area (Å²) in [5.74, 6) is 0.835. The van der Waals surface area contributed by atoms with Crippen molar-refractivity contribution in [2.75, 3.05) is 17.8 Å². The monoisotopic (exact) mass is 364 g/mol. The van der Waals surface area contributed by atoms with Gasteiger partial charge in [-0.25, -0.2) is 0 Å². The summed E-state index contributed by atoms with van der Waals surface area (Å²) in [5.41, 5.74) is 1.51. The largest absolute Gasteiger partial charge is 0.495 e. The van der Waals surface area contributed by atoms with Crippen molar-refractivity contribution in [3.05, 3.63) is 63.2 Å². The summed E-state index contributed by atoms with van der Waals surface area (Å²) in [5, 5.41) is 10.9. The van der Waals surface area contributed by atoms with Gasteiger partial charge in [0, 0.05) is 17.8 Å². The van der Waals surface area contributed by atoms with Crippen LogP contribution in [0, 0.1) is 10.1 Å². The van der Waals surface area contributed by atoms with Crippen LogP contribution in [0.15, 0.2) is 42.5 Å². The van der Waals surface area contributed by atoms with E-state index in [1.807, 2.05) is 0 Å². The van der Waals surface area contributed by atoms with E-state index < -0.39 is 4.92 Å². The Labute approximate surface area is 147 Å². The van der Waals surface area contributed by atoms with E-state index in [0.717, 1.165) is 5.56 Å². The van der Waals surface area contributed by atoms with E-state index in [2.05, 4.69) is 0 Å². The fraction of sp³-hybridized carbons (Fsp3) is 0.188. The van der Waals surface area contributed by atoms with Gasteiger partial charge in [-0.15, -0.1) is 11.8 Å². The van der Waals surface area contributed by atoms with Gasteiger partial charge in [0.25, 0.3) is 5.69 Å². The number of methoxy groups -OCH3 is 1. The molecule has 0 bridgehead atoms. The number of amides is 1. The molecular formula is C16H13ClN2O4S. The van der Waals surface area contributed by atoms with Crippen molar-refractivity contribution in [1.29, 1.82) is 0 Å². The molecule has 0 spiro atoms. The van der Waals surface area contributed by atoms with Crippen LogP contribution >= 0.6 is 23.4 Å². The third-order valence-electron chi connectivity index (χ3n) is 3.67. The molecule has 0 N–H and O–H groups in total. The molecule has 1 fully saturated rings. The second-order valence-electron chi connectivity index (χ2n) is 5.09. The minimum absolute atomic E-state index is 0.0205. The smallest absolute Gasteiger partial charge is 0.269 e. The molecule has 24 heavy (non-hydrogen) atoms. The Morgan fingerprint density at radius 3 is 2.58 bits per heavy atom. The summed E-state index contributed by atoms with van der Waals surface area (Å²) >= 11 is 7.63. The Balaban J connectivity index is 1.94. The molecule has 0 aliphatic carbocycles. The van der Waals surface area contributed by atoms with Gasteiger partial charge in [0.1, 0.15) is 11.1 Å². The number of hydrogen-bond acceptors (Lipinski definition) is 5. The van der Waals surface area contributed by atoms with Gasteiger partial charge in [0.05, 0.1) is 22.8 Å². The Morgan fingerprint density at radius 1 is 1.29 bits per heavy atom. The van der Waals surface area contributed by atoms with E-state index >= 15 is 0 Å². The predicted octanol–water partition coefficient (Wildman–Crippen LogP) is 4.04. The molecule has 1 saturated heterocycles. The number of carbonyl (C=O) groups excluding carboxylic acids is 1. The Kier molecular flexibility index (Phi) is 4.64. The number of thioether (sulfide) groups is 1. The van der Waals surface area contributed by atoms with Crippen LogP contribution in [0.4, 0.5) is 11.4 Å². The van der Waals surface area contributed by atoms with Crippen molar-refractivity contribution < 1.29 is 14.5 Å². The summed E-state index contributed by atoms with van der Waals surface area (Å²) in [6, 6.07) is 11.4. The molecular weight excluding hydrogens is 352 g/mol. The molecule has 1 amide bonds. The van der Waals surface area contributed by atoms with Crippen LogP contribution in [0.3, 0.4) is 0 Å². The highest BCUT2D eigenvalue weighted by atomic mass is 35.5. The third-order valence-corrected chi connectivity index (χ3v) is 5.18. The lowest BCUT2D eigenvalue weighted by molar-refractivity contribution is -0.384. The lowest BCUT2D eigenvalue weighted by Gasteiger charge is -2.24. The molecule has 3 rings (SSSR count). The standard InChI is InChI=1S/C16H13ClN2O4S/c1-23-14-7-6-12(8-13(14)17)18-15(20)9-24-16(18)10-2-4-11(5-3-10)19(21)22/h2-8,16H,9H2,1H3/t16-/m1/s1. The first kappa shape index (κ1) is 16.6. The molecule has 0 aromatic heterocycles. The minimum atomic E-state index is -0.447. The van der Waals surface area contributed by atoms with E-state index in [1.165, 1.54) is 31.0 Å². The summed E-state index contributed by atoms with van der Waals surface area (Å²) < 4.78 is 5.13. The number of hydrogen-bond donors (Lipinski definition) is 0. The van der Waals surface area contributed by atoms with Crippen LogP contribution < -0.4 is 9.64 Å². The van der Waals surface area contributed by atoms with E-state index in [4.69, 9.17) is 16.3 Å². The van der Waals surface area contributed by atoms with Gasteiger partial charge in [0.15, 0.2) is 0 Å². The maximum absolute atomic E-state index is 12.3. The lowest BCUT2D eigenvalue weighted by atomic mass is 10.1. The van der Waals surface area contributed by atoms with Crippen LogP contribution in [0.5, 0.6) is 5.75 Å². The van der Waals surface area contributed by atoms with E-state index in [0.29, 0.717) is 22.2 Å². The van der Waals surface area contributed by atoms with Gasteiger partial charge < -0.3 is 4.74 Å². The van der Waals surface area contributed by atoms with Crippen LogP contribution in [-0.2, 0) is 4.79 Å². The maximum atomic E-state index is 12.3. The number of non-ortho nitro benzene ring substituents is 1. The van der Waals surface area contributed by atoms with Crippen molar-refractivity contribution in [3.63, 3.8) is 0 Å². The van der Waals surface area contributed by atoms with Gasteiger partial charge in [0.2, 0.25) is 5.91 Å². The first-order valence-corrected chi connectivity index (χ1v) is 8.45. The number of nitrogens with zero attached hydrogens (tertiary/aromatic N) is 2. The molecule has 0 radical (unpaired) electrons. The van der Waals surface area contributed by atoms with Crippen molar-refractivity contribution in [2.45, 2.75) is 5.37 Å². The van der Waals surface area contributed by atoms with Gasteiger partial charge >= 0.3 is 0 Å². The average Bonchev–Trinajstić information content (AvgIpc) is 2.96. The van der Waals surface area contributed by atoms with Crippen molar-refractivity contribution in [2.24, 2.45) is 0 Å². The SMILES string of the molecule is COc1ccc(N2C(=O)CS[C@@H]2c2ccc([N+](=O)[O-])cc2)cc1Cl. The van der Waals surface area contributed by atoms with Crippen molar-refractivity contribution in [1.82, 2.24) is 0 Å². The zero-order valence-corrected chi connectivity index (χ0v) is 14.2.